The smallest absolute Gasteiger partial charge is 0.421 e. The Kier molecular flexibility index (Phi) is 5.06. The topological polar surface area (TPSA) is 90.0 Å². The number of esters is 1. The van der Waals surface area contributed by atoms with Crippen molar-refractivity contribution in [3.8, 4) is 22.9 Å². The summed E-state index contributed by atoms with van der Waals surface area (Å²) < 4.78 is 49.2. The maximum atomic E-state index is 13.0. The molecule has 7 nitrogen and oxygen atoms in total. The predicted octanol–water partition coefficient (Wildman–Crippen LogP) is 3.85. The molecule has 10 heteroatoms. The summed E-state index contributed by atoms with van der Waals surface area (Å²) in [7, 11) is 0. The first-order valence-corrected chi connectivity index (χ1v) is 7.78. The van der Waals surface area contributed by atoms with Crippen LogP contribution in [0.25, 0.3) is 11.3 Å². The van der Waals surface area contributed by atoms with Crippen LogP contribution in [0.2, 0.25) is 0 Å². The van der Waals surface area contributed by atoms with Crippen molar-refractivity contribution in [3.05, 3.63) is 53.9 Å². The average molecular weight is 378 g/mol. The number of carbonyl (C=O) groups is 1. The van der Waals surface area contributed by atoms with Gasteiger partial charge in [0.25, 0.3) is 0 Å². The van der Waals surface area contributed by atoms with Gasteiger partial charge >= 0.3 is 12.1 Å². The van der Waals surface area contributed by atoms with E-state index in [9.17, 15) is 18.0 Å². The number of aromatic nitrogens is 4. The molecule has 140 valence electrons. The fraction of sp³-hybridized carbons (Fsp3) is 0.176. The van der Waals surface area contributed by atoms with E-state index in [1.807, 2.05) is 0 Å². The highest BCUT2D eigenvalue weighted by Crippen LogP contribution is 2.36. The molecule has 3 aromatic rings. The molecule has 0 saturated carbocycles. The Morgan fingerprint density at radius 2 is 1.89 bits per heavy atom. The number of hydrogen-bond donors (Lipinski definition) is 1. The number of halogens is 3. The molecule has 0 fully saturated rings. The normalized spacial score (nSPS) is 11.3. The van der Waals surface area contributed by atoms with Crippen molar-refractivity contribution in [2.24, 2.45) is 0 Å². The van der Waals surface area contributed by atoms with Crippen LogP contribution in [0.15, 0.2) is 42.6 Å². The van der Waals surface area contributed by atoms with Crippen molar-refractivity contribution in [1.29, 1.82) is 0 Å². The number of alkyl halides is 3. The van der Waals surface area contributed by atoms with E-state index in [1.54, 1.807) is 6.92 Å². The largest absolute Gasteiger partial charge is 0.461 e. The van der Waals surface area contributed by atoms with E-state index in [0.29, 0.717) is 5.56 Å². The number of pyridine rings is 1. The highest BCUT2D eigenvalue weighted by molar-refractivity contribution is 5.93. The van der Waals surface area contributed by atoms with Gasteiger partial charge in [0.05, 0.1) is 6.61 Å². The Labute approximate surface area is 151 Å². The molecule has 0 saturated heterocycles. The third-order valence-corrected chi connectivity index (χ3v) is 3.44. The molecule has 2 heterocycles. The van der Waals surface area contributed by atoms with Gasteiger partial charge in [0.15, 0.2) is 5.69 Å². The summed E-state index contributed by atoms with van der Waals surface area (Å²) in [6.45, 7) is 1.85. The molecule has 0 unspecified atom stereocenters. The number of nitrogens with one attached hydrogen (secondary N) is 1. The average Bonchev–Trinajstić information content (AvgIpc) is 3.12. The van der Waals surface area contributed by atoms with Crippen LogP contribution in [0.5, 0.6) is 11.6 Å². The van der Waals surface area contributed by atoms with Crippen molar-refractivity contribution in [3.63, 3.8) is 0 Å². The van der Waals surface area contributed by atoms with Crippen molar-refractivity contribution >= 4 is 5.97 Å². The predicted molar refractivity (Wildman–Crippen MR) is 87.1 cm³/mol. The number of rotatable bonds is 5. The van der Waals surface area contributed by atoms with Crippen LogP contribution < -0.4 is 4.74 Å². The second-order valence-corrected chi connectivity index (χ2v) is 5.22. The highest BCUT2D eigenvalue weighted by atomic mass is 19.4. The van der Waals surface area contributed by atoms with Gasteiger partial charge < -0.3 is 9.47 Å². The summed E-state index contributed by atoms with van der Waals surface area (Å²) in [5.74, 6) is -1.04. The van der Waals surface area contributed by atoms with Crippen LogP contribution in [0.4, 0.5) is 13.2 Å². The monoisotopic (exact) mass is 378 g/mol. The second-order valence-electron chi connectivity index (χ2n) is 5.22. The lowest BCUT2D eigenvalue weighted by Crippen LogP contribution is -2.08. The van der Waals surface area contributed by atoms with Crippen LogP contribution >= 0.6 is 0 Å². The van der Waals surface area contributed by atoms with Crippen molar-refractivity contribution < 1.29 is 27.4 Å². The molecule has 0 aliphatic heterocycles. The lowest BCUT2D eigenvalue weighted by Gasteiger charge is -2.12. The molecule has 0 spiro atoms. The number of nitrogens with zero attached hydrogens (tertiary/aromatic N) is 3. The Morgan fingerprint density at radius 3 is 2.56 bits per heavy atom. The van der Waals surface area contributed by atoms with Crippen molar-refractivity contribution in [2.45, 2.75) is 13.1 Å². The van der Waals surface area contributed by atoms with E-state index >= 15 is 0 Å². The van der Waals surface area contributed by atoms with Crippen LogP contribution in [0, 0.1) is 0 Å². The zero-order chi connectivity index (χ0) is 19.4. The summed E-state index contributed by atoms with van der Waals surface area (Å²) in [6, 6.07) is 8.01. The zero-order valence-electron chi connectivity index (χ0n) is 13.9. The summed E-state index contributed by atoms with van der Waals surface area (Å²) >= 11 is 0. The van der Waals surface area contributed by atoms with Gasteiger partial charge in [-0.1, -0.05) is 0 Å². The number of ether oxygens (including phenoxy) is 2. The lowest BCUT2D eigenvalue weighted by atomic mass is 10.1. The minimum atomic E-state index is -4.58. The van der Waals surface area contributed by atoms with E-state index in [4.69, 9.17) is 9.47 Å². The second kappa shape index (κ2) is 7.44. The minimum absolute atomic E-state index is 0.00889. The molecule has 2 aromatic heterocycles. The van der Waals surface area contributed by atoms with Gasteiger partial charge in [-0.3, -0.25) is 0 Å². The third kappa shape index (κ3) is 4.05. The summed E-state index contributed by atoms with van der Waals surface area (Å²) in [5.41, 5.74) is -0.199. The first-order chi connectivity index (χ1) is 12.9. The quantitative estimate of drug-likeness (QED) is 0.678. The van der Waals surface area contributed by atoms with E-state index < -0.39 is 23.6 Å². The molecular weight excluding hydrogens is 365 g/mol. The molecule has 0 aliphatic rings. The summed E-state index contributed by atoms with van der Waals surface area (Å²) in [6.07, 6.45) is -3.38. The SMILES string of the molecule is CCOC(=O)c1n[nH]nc1-c1ccc(Oc2ncccc2C(F)(F)F)cc1. The molecule has 0 aliphatic carbocycles. The van der Waals surface area contributed by atoms with Gasteiger partial charge in [0.1, 0.15) is 17.0 Å². The highest BCUT2D eigenvalue weighted by Gasteiger charge is 2.35. The Morgan fingerprint density at radius 1 is 1.15 bits per heavy atom. The number of carbonyl (C=O) groups excluding carboxylic acids is 1. The van der Waals surface area contributed by atoms with Gasteiger partial charge in [-0.15, -0.1) is 5.10 Å². The molecule has 0 atom stereocenters. The van der Waals surface area contributed by atoms with E-state index in [1.165, 1.54) is 36.5 Å². The van der Waals surface area contributed by atoms with Gasteiger partial charge in [0, 0.05) is 11.8 Å². The Bertz CT molecular complexity index is 939. The van der Waals surface area contributed by atoms with Crippen molar-refractivity contribution in [1.82, 2.24) is 20.4 Å². The summed E-state index contributed by atoms with van der Waals surface area (Å²) in [5, 5.41) is 10.0. The van der Waals surface area contributed by atoms with Gasteiger partial charge in [-0.05, 0) is 43.3 Å². The minimum Gasteiger partial charge on any atom is -0.461 e. The number of aromatic amines is 1. The van der Waals surface area contributed by atoms with Crippen LogP contribution in [0.1, 0.15) is 23.0 Å². The first kappa shape index (κ1) is 18.4. The molecule has 0 bridgehead atoms. The van der Waals surface area contributed by atoms with Crippen LogP contribution in [-0.2, 0) is 10.9 Å². The lowest BCUT2D eigenvalue weighted by molar-refractivity contribution is -0.138. The fourth-order valence-electron chi connectivity index (χ4n) is 2.25. The number of hydrogen-bond acceptors (Lipinski definition) is 6. The number of benzene rings is 1. The molecule has 1 aromatic carbocycles. The Balaban J connectivity index is 1.84. The molecule has 0 radical (unpaired) electrons. The van der Waals surface area contributed by atoms with Gasteiger partial charge in [-0.25, -0.2) is 9.78 Å². The number of H-pyrrole nitrogens is 1. The zero-order valence-corrected chi connectivity index (χ0v) is 13.9. The van der Waals surface area contributed by atoms with E-state index in [0.717, 1.165) is 6.07 Å². The van der Waals surface area contributed by atoms with Crippen LogP contribution in [0.3, 0.4) is 0 Å². The van der Waals surface area contributed by atoms with Gasteiger partial charge in [0.2, 0.25) is 5.88 Å². The first-order valence-electron chi connectivity index (χ1n) is 7.78. The molecular formula is C17H13F3N4O3. The molecule has 3 rings (SSSR count). The van der Waals surface area contributed by atoms with E-state index in [2.05, 4.69) is 20.4 Å². The standard InChI is InChI=1S/C17H13F3N4O3/c1-2-26-16(25)14-13(22-24-23-14)10-5-7-11(8-6-10)27-15-12(17(18,19)20)4-3-9-21-15/h3-9H,2H2,1H3,(H,22,23,24). The fourth-order valence-corrected chi connectivity index (χ4v) is 2.25. The molecule has 27 heavy (non-hydrogen) atoms. The molecule has 1 N–H and O–H groups in total. The van der Waals surface area contributed by atoms with Crippen LogP contribution in [-0.4, -0.2) is 33.0 Å². The summed E-state index contributed by atoms with van der Waals surface area (Å²) in [4.78, 5) is 15.5. The maximum Gasteiger partial charge on any atom is 0.421 e. The van der Waals surface area contributed by atoms with E-state index in [-0.39, 0.29) is 23.7 Å². The molecule has 0 amide bonds. The Hall–Kier alpha value is -3.43. The van der Waals surface area contributed by atoms with Gasteiger partial charge in [-0.2, -0.15) is 23.5 Å². The third-order valence-electron chi connectivity index (χ3n) is 3.44. The maximum absolute atomic E-state index is 13.0. The van der Waals surface area contributed by atoms with Crippen molar-refractivity contribution in [2.75, 3.05) is 6.61 Å².